The first-order valence-electron chi connectivity index (χ1n) is 4.57. The molecule has 0 amide bonds. The standard InChI is InChI=1S/C13H18/c1-5-8-11-12(4)13(9-6-2)10-7-3/h5-6,8-11H,1,4,7H2,2-3H3/b9-6-,11-8-,13-10+. The van der Waals surface area contributed by atoms with E-state index < -0.39 is 0 Å². The van der Waals surface area contributed by atoms with Gasteiger partial charge in [0.25, 0.3) is 0 Å². The summed E-state index contributed by atoms with van der Waals surface area (Å²) in [7, 11) is 0. The molecule has 0 aliphatic heterocycles. The number of rotatable bonds is 5. The van der Waals surface area contributed by atoms with E-state index in [1.165, 1.54) is 5.57 Å². The summed E-state index contributed by atoms with van der Waals surface area (Å²) in [5.74, 6) is 0. The highest BCUT2D eigenvalue weighted by molar-refractivity contribution is 5.44. The molecule has 0 saturated carbocycles. The minimum Gasteiger partial charge on any atom is -0.0991 e. The van der Waals surface area contributed by atoms with Gasteiger partial charge in [-0.2, -0.15) is 0 Å². The average molecular weight is 174 g/mol. The molecule has 70 valence electrons. The molecule has 0 nitrogen and oxygen atoms in total. The summed E-state index contributed by atoms with van der Waals surface area (Å²) in [6.45, 7) is 11.7. The molecule has 0 saturated heterocycles. The topological polar surface area (TPSA) is 0 Å². The predicted octanol–water partition coefficient (Wildman–Crippen LogP) is 4.20. The van der Waals surface area contributed by atoms with Gasteiger partial charge in [-0.15, -0.1) is 0 Å². The number of allylic oxidation sites excluding steroid dienone is 8. The molecular formula is C13H18. The summed E-state index contributed by atoms with van der Waals surface area (Å²) < 4.78 is 0. The van der Waals surface area contributed by atoms with Crippen molar-refractivity contribution in [3.05, 3.63) is 60.8 Å². The molecule has 0 N–H and O–H groups in total. The Kier molecular flexibility index (Phi) is 6.62. The second-order valence-corrected chi connectivity index (χ2v) is 2.69. The van der Waals surface area contributed by atoms with Crippen LogP contribution in [0.1, 0.15) is 20.3 Å². The van der Waals surface area contributed by atoms with Gasteiger partial charge in [-0.25, -0.2) is 0 Å². The lowest BCUT2D eigenvalue weighted by Crippen LogP contribution is -1.80. The zero-order valence-electron chi connectivity index (χ0n) is 8.59. The molecule has 13 heavy (non-hydrogen) atoms. The maximum Gasteiger partial charge on any atom is -0.0233 e. The monoisotopic (exact) mass is 174 g/mol. The van der Waals surface area contributed by atoms with Crippen molar-refractivity contribution in [2.75, 3.05) is 0 Å². The van der Waals surface area contributed by atoms with Crippen molar-refractivity contribution in [1.82, 2.24) is 0 Å². The van der Waals surface area contributed by atoms with Gasteiger partial charge in [0.05, 0.1) is 0 Å². The lowest BCUT2D eigenvalue weighted by molar-refractivity contribution is 1.20. The molecule has 0 unspecified atom stereocenters. The van der Waals surface area contributed by atoms with Crippen molar-refractivity contribution < 1.29 is 0 Å². The molecule has 0 aromatic heterocycles. The molecule has 0 radical (unpaired) electrons. The van der Waals surface area contributed by atoms with Gasteiger partial charge in [-0.05, 0) is 24.5 Å². The first-order chi connectivity index (χ1) is 6.26. The van der Waals surface area contributed by atoms with Crippen molar-refractivity contribution in [3.8, 4) is 0 Å². The van der Waals surface area contributed by atoms with Gasteiger partial charge < -0.3 is 0 Å². The second-order valence-electron chi connectivity index (χ2n) is 2.69. The van der Waals surface area contributed by atoms with Crippen LogP contribution < -0.4 is 0 Å². The third-order valence-corrected chi connectivity index (χ3v) is 1.57. The summed E-state index contributed by atoms with van der Waals surface area (Å²) in [5, 5.41) is 0. The lowest BCUT2D eigenvalue weighted by Gasteiger charge is -2.00. The van der Waals surface area contributed by atoms with Gasteiger partial charge in [0, 0.05) is 0 Å². The second kappa shape index (κ2) is 7.35. The van der Waals surface area contributed by atoms with Crippen LogP contribution in [-0.4, -0.2) is 0 Å². The quantitative estimate of drug-likeness (QED) is 0.548. The molecule has 0 atom stereocenters. The highest BCUT2D eigenvalue weighted by Gasteiger charge is 1.92. The van der Waals surface area contributed by atoms with Crippen molar-refractivity contribution in [2.24, 2.45) is 0 Å². The largest absolute Gasteiger partial charge is 0.0991 e. The van der Waals surface area contributed by atoms with Gasteiger partial charge in [-0.3, -0.25) is 0 Å². The molecular weight excluding hydrogens is 156 g/mol. The molecule has 0 heteroatoms. The van der Waals surface area contributed by atoms with Crippen LogP contribution in [0.25, 0.3) is 0 Å². The van der Waals surface area contributed by atoms with Crippen LogP contribution in [0, 0.1) is 0 Å². The van der Waals surface area contributed by atoms with Crippen molar-refractivity contribution in [1.29, 1.82) is 0 Å². The molecule has 0 spiro atoms. The Morgan fingerprint density at radius 2 is 2.00 bits per heavy atom. The maximum absolute atomic E-state index is 3.98. The Morgan fingerprint density at radius 3 is 2.46 bits per heavy atom. The number of hydrogen-bond donors (Lipinski definition) is 0. The van der Waals surface area contributed by atoms with E-state index in [0.29, 0.717) is 0 Å². The van der Waals surface area contributed by atoms with Crippen LogP contribution in [0.5, 0.6) is 0 Å². The molecule has 0 heterocycles. The van der Waals surface area contributed by atoms with Gasteiger partial charge in [0.2, 0.25) is 0 Å². The number of hydrogen-bond acceptors (Lipinski definition) is 0. The molecule has 0 aromatic carbocycles. The SMILES string of the molecule is C=C/C=C\C(=C)C(/C=C\C)=C/CC. The first kappa shape index (κ1) is 11.7. The minimum absolute atomic E-state index is 1.03. The highest BCUT2D eigenvalue weighted by atomic mass is 14.0. The van der Waals surface area contributed by atoms with Crippen molar-refractivity contribution in [2.45, 2.75) is 20.3 Å². The summed E-state index contributed by atoms with van der Waals surface area (Å²) >= 11 is 0. The summed E-state index contributed by atoms with van der Waals surface area (Å²) in [4.78, 5) is 0. The fraction of sp³-hybridized carbons (Fsp3) is 0.231. The Labute approximate surface area is 81.7 Å². The van der Waals surface area contributed by atoms with Crippen LogP contribution in [-0.2, 0) is 0 Å². The van der Waals surface area contributed by atoms with Gasteiger partial charge in [0.15, 0.2) is 0 Å². The van der Waals surface area contributed by atoms with Crippen LogP contribution in [0.2, 0.25) is 0 Å². The Balaban J connectivity index is 4.56. The summed E-state index contributed by atoms with van der Waals surface area (Å²) in [6.07, 6.45) is 12.9. The third-order valence-electron chi connectivity index (χ3n) is 1.57. The van der Waals surface area contributed by atoms with Crippen molar-refractivity contribution in [3.63, 3.8) is 0 Å². The highest BCUT2D eigenvalue weighted by Crippen LogP contribution is 2.11. The molecule has 0 fully saturated rings. The Bertz CT molecular complexity index is 249. The summed E-state index contributed by atoms with van der Waals surface area (Å²) in [6, 6.07) is 0. The van der Waals surface area contributed by atoms with E-state index in [2.05, 4.69) is 32.2 Å². The molecule has 0 rings (SSSR count). The van der Waals surface area contributed by atoms with E-state index in [9.17, 15) is 0 Å². The first-order valence-corrected chi connectivity index (χ1v) is 4.57. The van der Waals surface area contributed by atoms with Gasteiger partial charge >= 0.3 is 0 Å². The van der Waals surface area contributed by atoms with Crippen LogP contribution in [0.3, 0.4) is 0 Å². The fourth-order valence-electron chi connectivity index (χ4n) is 0.986. The van der Waals surface area contributed by atoms with Gasteiger partial charge in [-0.1, -0.05) is 56.5 Å². The van der Waals surface area contributed by atoms with Crippen LogP contribution in [0.4, 0.5) is 0 Å². The zero-order valence-corrected chi connectivity index (χ0v) is 8.59. The van der Waals surface area contributed by atoms with E-state index in [-0.39, 0.29) is 0 Å². The predicted molar refractivity (Wildman–Crippen MR) is 61.7 cm³/mol. The molecule has 0 aliphatic rings. The fourth-order valence-corrected chi connectivity index (χ4v) is 0.986. The van der Waals surface area contributed by atoms with Crippen molar-refractivity contribution >= 4 is 0 Å². The molecule has 0 bridgehead atoms. The zero-order chi connectivity index (χ0) is 10.1. The van der Waals surface area contributed by atoms with Gasteiger partial charge in [0.1, 0.15) is 0 Å². The van der Waals surface area contributed by atoms with E-state index >= 15 is 0 Å². The lowest BCUT2D eigenvalue weighted by atomic mass is 10.1. The van der Waals surface area contributed by atoms with E-state index in [1.54, 1.807) is 6.08 Å². The van der Waals surface area contributed by atoms with Crippen LogP contribution in [0.15, 0.2) is 60.8 Å². The molecule has 0 aromatic rings. The van der Waals surface area contributed by atoms with E-state index in [0.717, 1.165) is 12.0 Å². The summed E-state index contributed by atoms with van der Waals surface area (Å²) in [5.41, 5.74) is 2.21. The average Bonchev–Trinajstić information content (AvgIpc) is 2.14. The Morgan fingerprint density at radius 1 is 1.31 bits per heavy atom. The maximum atomic E-state index is 3.98. The Hall–Kier alpha value is -1.30. The third kappa shape index (κ3) is 5.02. The minimum atomic E-state index is 1.03. The molecule has 0 aliphatic carbocycles. The smallest absolute Gasteiger partial charge is 0.0233 e. The van der Waals surface area contributed by atoms with E-state index in [4.69, 9.17) is 0 Å². The van der Waals surface area contributed by atoms with E-state index in [1.807, 2.05) is 25.2 Å². The van der Waals surface area contributed by atoms with Crippen LogP contribution >= 0.6 is 0 Å². The normalized spacial score (nSPS) is 12.6.